The van der Waals surface area contributed by atoms with Gasteiger partial charge in [-0.05, 0) is 35.6 Å². The summed E-state index contributed by atoms with van der Waals surface area (Å²) in [6.45, 7) is 5.15. The molecular formula is C26H30BrNO3. The highest BCUT2D eigenvalue weighted by atomic mass is 79.9. The molecule has 0 saturated heterocycles. The van der Waals surface area contributed by atoms with E-state index >= 15 is 0 Å². The largest absolute Gasteiger partial charge is 0.493 e. The molecule has 0 saturated carbocycles. The number of alkyl halides is 1. The predicted octanol–water partition coefficient (Wildman–Crippen LogP) is 6.55. The molecule has 1 unspecified atom stereocenters. The summed E-state index contributed by atoms with van der Waals surface area (Å²) < 4.78 is 11.2. The maximum absolute atomic E-state index is 12.9. The fourth-order valence-electron chi connectivity index (χ4n) is 3.30. The van der Waals surface area contributed by atoms with Crippen molar-refractivity contribution >= 4 is 27.5 Å². The van der Waals surface area contributed by atoms with Crippen molar-refractivity contribution in [3.8, 4) is 11.8 Å². The Balaban J connectivity index is 2.36. The van der Waals surface area contributed by atoms with Crippen LogP contribution in [0.15, 0.2) is 60.2 Å². The van der Waals surface area contributed by atoms with Crippen molar-refractivity contribution in [2.75, 3.05) is 18.5 Å². The number of carbonyl (C=O) groups is 1. The van der Waals surface area contributed by atoms with Crippen LogP contribution in [-0.4, -0.2) is 24.5 Å². The molecule has 0 bridgehead atoms. The molecule has 2 rings (SSSR count). The Morgan fingerprint density at radius 3 is 2.32 bits per heavy atom. The second-order valence-corrected chi connectivity index (χ2v) is 8.10. The number of benzene rings is 2. The Morgan fingerprint density at radius 2 is 1.74 bits per heavy atom. The Morgan fingerprint density at radius 1 is 1.06 bits per heavy atom. The monoisotopic (exact) mass is 483 g/mol. The van der Waals surface area contributed by atoms with Crippen LogP contribution >= 0.6 is 15.9 Å². The molecule has 0 aromatic heterocycles. The van der Waals surface area contributed by atoms with Crippen molar-refractivity contribution in [3.05, 3.63) is 71.3 Å². The number of carbonyl (C=O) groups excluding carboxylic acids is 1. The zero-order valence-corrected chi connectivity index (χ0v) is 19.9. The maximum atomic E-state index is 12.9. The van der Waals surface area contributed by atoms with Crippen molar-refractivity contribution in [1.29, 1.82) is 5.26 Å². The van der Waals surface area contributed by atoms with E-state index in [9.17, 15) is 10.1 Å². The quantitative estimate of drug-likeness (QED) is 0.148. The first-order chi connectivity index (χ1) is 15.1. The molecule has 5 heteroatoms. The summed E-state index contributed by atoms with van der Waals surface area (Å²) in [7, 11) is 0. The van der Waals surface area contributed by atoms with Gasteiger partial charge in [-0.1, -0.05) is 91.5 Å². The van der Waals surface area contributed by atoms with Crippen LogP contribution in [0.4, 0.5) is 0 Å². The van der Waals surface area contributed by atoms with Crippen LogP contribution in [-0.2, 0) is 9.53 Å². The molecule has 2 aromatic carbocycles. The first-order valence-corrected chi connectivity index (χ1v) is 11.9. The van der Waals surface area contributed by atoms with Crippen molar-refractivity contribution in [2.24, 2.45) is 5.92 Å². The van der Waals surface area contributed by atoms with Gasteiger partial charge >= 0.3 is 5.97 Å². The number of nitrogens with zero attached hydrogens (tertiary/aromatic N) is 1. The molecule has 0 aliphatic rings. The maximum Gasteiger partial charge on any atom is 0.349 e. The molecule has 0 aliphatic heterocycles. The van der Waals surface area contributed by atoms with E-state index < -0.39 is 5.97 Å². The lowest BCUT2D eigenvalue weighted by Crippen LogP contribution is -2.16. The van der Waals surface area contributed by atoms with E-state index in [1.165, 1.54) is 0 Å². The van der Waals surface area contributed by atoms with Crippen LogP contribution in [0.25, 0.3) is 5.57 Å². The van der Waals surface area contributed by atoms with E-state index in [2.05, 4.69) is 35.8 Å². The standard InChI is InChI=1S/C26H30BrNO3/c1-3-5-9-20(4-2)19-31-26(29)24(18-28)25(21-10-7-6-8-11-21)22-12-14-23(15-13-22)30-17-16-27/h6-8,10-15,20H,3-5,9,16-17,19H2,1-2H3/b25-24-. The Kier molecular flexibility index (Phi) is 10.9. The summed E-state index contributed by atoms with van der Waals surface area (Å²) in [4.78, 5) is 12.9. The SMILES string of the molecule is CCCCC(CC)COC(=O)/C(C#N)=C(/c1ccccc1)c1ccc(OCCBr)cc1. The zero-order chi connectivity index (χ0) is 22.5. The van der Waals surface area contributed by atoms with Crippen molar-refractivity contribution in [2.45, 2.75) is 39.5 Å². The summed E-state index contributed by atoms with van der Waals surface area (Å²) in [6, 6.07) is 19.0. The summed E-state index contributed by atoms with van der Waals surface area (Å²) >= 11 is 3.34. The average molecular weight is 484 g/mol. The summed E-state index contributed by atoms with van der Waals surface area (Å²) in [5.74, 6) is 0.476. The first-order valence-electron chi connectivity index (χ1n) is 10.8. The van der Waals surface area contributed by atoms with Gasteiger partial charge in [-0.15, -0.1) is 0 Å². The van der Waals surface area contributed by atoms with Gasteiger partial charge in [-0.2, -0.15) is 5.26 Å². The fourth-order valence-corrected chi connectivity index (χ4v) is 3.46. The summed E-state index contributed by atoms with van der Waals surface area (Å²) in [5, 5.41) is 10.6. The van der Waals surface area contributed by atoms with Crippen molar-refractivity contribution in [3.63, 3.8) is 0 Å². The Bertz CT molecular complexity index is 885. The predicted molar refractivity (Wildman–Crippen MR) is 128 cm³/mol. The zero-order valence-electron chi connectivity index (χ0n) is 18.3. The second-order valence-electron chi connectivity index (χ2n) is 7.30. The molecule has 1 atom stereocenters. The molecule has 31 heavy (non-hydrogen) atoms. The minimum absolute atomic E-state index is 0.0191. The van der Waals surface area contributed by atoms with Gasteiger partial charge in [0.05, 0.1) is 13.2 Å². The molecule has 0 fully saturated rings. The molecule has 0 aliphatic carbocycles. The van der Waals surface area contributed by atoms with Gasteiger partial charge in [-0.3, -0.25) is 0 Å². The molecule has 164 valence electrons. The van der Waals surface area contributed by atoms with Crippen molar-refractivity contribution < 1.29 is 14.3 Å². The van der Waals surface area contributed by atoms with Crippen LogP contribution in [0.2, 0.25) is 0 Å². The number of hydrogen-bond donors (Lipinski definition) is 0. The van der Waals surface area contributed by atoms with Crippen LogP contribution in [0.1, 0.15) is 50.7 Å². The molecule has 0 spiro atoms. The van der Waals surface area contributed by atoms with E-state index in [4.69, 9.17) is 9.47 Å². The van der Waals surface area contributed by atoms with Crippen LogP contribution in [0, 0.1) is 17.2 Å². The normalized spacial score (nSPS) is 12.5. The van der Waals surface area contributed by atoms with Crippen molar-refractivity contribution in [1.82, 2.24) is 0 Å². The smallest absolute Gasteiger partial charge is 0.349 e. The molecular weight excluding hydrogens is 454 g/mol. The summed E-state index contributed by atoms with van der Waals surface area (Å²) in [6.07, 6.45) is 4.19. The number of esters is 1. The highest BCUT2D eigenvalue weighted by molar-refractivity contribution is 9.09. The number of rotatable bonds is 12. The number of ether oxygens (including phenoxy) is 2. The van der Waals surface area contributed by atoms with E-state index in [0.29, 0.717) is 24.7 Å². The Hall–Kier alpha value is -2.58. The van der Waals surface area contributed by atoms with Gasteiger partial charge in [0.2, 0.25) is 0 Å². The lowest BCUT2D eigenvalue weighted by atomic mass is 9.93. The minimum Gasteiger partial charge on any atom is -0.493 e. The number of halogens is 1. The third-order valence-electron chi connectivity index (χ3n) is 5.11. The van der Waals surface area contributed by atoms with E-state index in [1.807, 2.05) is 54.6 Å². The van der Waals surface area contributed by atoms with E-state index in [-0.39, 0.29) is 5.57 Å². The van der Waals surface area contributed by atoms with Crippen LogP contribution < -0.4 is 4.74 Å². The van der Waals surface area contributed by atoms with Crippen LogP contribution in [0.5, 0.6) is 5.75 Å². The number of unbranched alkanes of at least 4 members (excludes halogenated alkanes) is 1. The van der Waals surface area contributed by atoms with E-state index in [0.717, 1.165) is 47.9 Å². The first kappa shape index (κ1) is 24.7. The lowest BCUT2D eigenvalue weighted by molar-refractivity contribution is -0.139. The third kappa shape index (κ3) is 7.56. The Labute approximate surface area is 194 Å². The van der Waals surface area contributed by atoms with Gasteiger partial charge in [0.25, 0.3) is 0 Å². The fraction of sp³-hybridized carbons (Fsp3) is 0.385. The van der Waals surface area contributed by atoms with Crippen LogP contribution in [0.3, 0.4) is 0 Å². The minimum atomic E-state index is -0.573. The molecule has 0 N–H and O–H groups in total. The molecule has 4 nitrogen and oxygen atoms in total. The molecule has 2 aromatic rings. The molecule has 0 heterocycles. The van der Waals surface area contributed by atoms with Gasteiger partial charge in [-0.25, -0.2) is 4.79 Å². The topological polar surface area (TPSA) is 59.3 Å². The third-order valence-corrected chi connectivity index (χ3v) is 5.43. The van der Waals surface area contributed by atoms with E-state index in [1.54, 1.807) is 0 Å². The molecule has 0 radical (unpaired) electrons. The average Bonchev–Trinajstić information content (AvgIpc) is 2.82. The lowest BCUT2D eigenvalue weighted by Gasteiger charge is -2.16. The summed E-state index contributed by atoms with van der Waals surface area (Å²) in [5.41, 5.74) is 2.15. The molecule has 0 amide bonds. The van der Waals surface area contributed by atoms with Gasteiger partial charge < -0.3 is 9.47 Å². The van der Waals surface area contributed by atoms with Gasteiger partial charge in [0.15, 0.2) is 0 Å². The number of nitriles is 1. The van der Waals surface area contributed by atoms with Gasteiger partial charge in [0.1, 0.15) is 17.4 Å². The second kappa shape index (κ2) is 13.7. The van der Waals surface area contributed by atoms with Gasteiger partial charge in [0, 0.05) is 10.9 Å². The highest BCUT2D eigenvalue weighted by Gasteiger charge is 2.21. The number of hydrogen-bond acceptors (Lipinski definition) is 4. The highest BCUT2D eigenvalue weighted by Crippen LogP contribution is 2.29.